The third-order valence-electron chi connectivity index (χ3n) is 4.33. The molecule has 0 aromatic heterocycles. The number of esters is 1. The minimum atomic E-state index is -0.477. The lowest BCUT2D eigenvalue weighted by Crippen LogP contribution is -2.40. The standard InChI is InChI=1S/C21H33N3O4/c1-5-27-19(25)13-22-12-16-6-8-17(9-7-16)14-24-11-10-18(15-24)23-20(26)28-21(2,3)4/h6-9,18,22H,5,10-15H2,1-4H3,(H,23,26)/t18-/m0/s1. The molecule has 0 radical (unpaired) electrons. The highest BCUT2D eigenvalue weighted by atomic mass is 16.6. The minimum Gasteiger partial charge on any atom is -0.465 e. The molecule has 1 aliphatic heterocycles. The lowest BCUT2D eigenvalue weighted by molar-refractivity contribution is -0.142. The Hall–Kier alpha value is -2.12. The van der Waals surface area contributed by atoms with Crippen molar-refractivity contribution in [3.63, 3.8) is 0 Å². The number of likely N-dealkylation sites (tertiary alicyclic amines) is 1. The van der Waals surface area contributed by atoms with Crippen LogP contribution < -0.4 is 10.6 Å². The van der Waals surface area contributed by atoms with E-state index in [9.17, 15) is 9.59 Å². The van der Waals surface area contributed by atoms with Crippen LogP contribution in [0, 0.1) is 0 Å². The van der Waals surface area contributed by atoms with Gasteiger partial charge in [0.15, 0.2) is 0 Å². The molecular formula is C21H33N3O4. The molecule has 2 N–H and O–H groups in total. The van der Waals surface area contributed by atoms with E-state index in [1.165, 1.54) is 5.56 Å². The van der Waals surface area contributed by atoms with E-state index in [0.29, 0.717) is 13.2 Å². The fourth-order valence-electron chi connectivity index (χ4n) is 3.11. The molecule has 1 aliphatic rings. The van der Waals surface area contributed by atoms with Gasteiger partial charge in [-0.05, 0) is 45.2 Å². The summed E-state index contributed by atoms with van der Waals surface area (Å²) in [6.07, 6.45) is 0.578. The van der Waals surface area contributed by atoms with Gasteiger partial charge in [-0.15, -0.1) is 0 Å². The number of nitrogens with zero attached hydrogens (tertiary/aromatic N) is 1. The summed E-state index contributed by atoms with van der Waals surface area (Å²) in [6.45, 7) is 11.3. The summed E-state index contributed by atoms with van der Waals surface area (Å²) in [6, 6.07) is 8.48. The van der Waals surface area contributed by atoms with Crippen molar-refractivity contribution in [1.29, 1.82) is 0 Å². The van der Waals surface area contributed by atoms with Gasteiger partial charge in [-0.25, -0.2) is 4.79 Å². The van der Waals surface area contributed by atoms with Gasteiger partial charge in [0.1, 0.15) is 5.60 Å². The first-order valence-electron chi connectivity index (χ1n) is 9.91. The van der Waals surface area contributed by atoms with E-state index in [2.05, 4.69) is 39.8 Å². The monoisotopic (exact) mass is 391 g/mol. The highest BCUT2D eigenvalue weighted by Crippen LogP contribution is 2.15. The van der Waals surface area contributed by atoms with Crippen LogP contribution >= 0.6 is 0 Å². The third kappa shape index (κ3) is 8.27. The first kappa shape index (κ1) is 22.2. The Labute approximate surface area is 167 Å². The van der Waals surface area contributed by atoms with Crippen LogP contribution in [-0.4, -0.2) is 54.8 Å². The zero-order valence-electron chi connectivity index (χ0n) is 17.4. The summed E-state index contributed by atoms with van der Waals surface area (Å²) >= 11 is 0. The molecule has 1 saturated heterocycles. The lowest BCUT2D eigenvalue weighted by Gasteiger charge is -2.22. The molecule has 28 heavy (non-hydrogen) atoms. The molecule has 2 rings (SSSR count). The van der Waals surface area contributed by atoms with Crippen molar-refractivity contribution in [3.05, 3.63) is 35.4 Å². The van der Waals surface area contributed by atoms with E-state index >= 15 is 0 Å². The van der Waals surface area contributed by atoms with Gasteiger partial charge in [-0.3, -0.25) is 9.69 Å². The van der Waals surface area contributed by atoms with Crippen LogP contribution in [0.3, 0.4) is 0 Å². The van der Waals surface area contributed by atoms with E-state index in [1.54, 1.807) is 6.92 Å². The Morgan fingerprint density at radius 2 is 1.86 bits per heavy atom. The molecule has 7 nitrogen and oxygen atoms in total. The lowest BCUT2D eigenvalue weighted by atomic mass is 10.1. The number of benzene rings is 1. The number of ether oxygens (including phenoxy) is 2. The van der Waals surface area contributed by atoms with Crippen molar-refractivity contribution in [3.8, 4) is 0 Å². The van der Waals surface area contributed by atoms with Gasteiger partial charge < -0.3 is 20.1 Å². The number of rotatable bonds is 8. The molecule has 0 saturated carbocycles. The van der Waals surface area contributed by atoms with Crippen molar-refractivity contribution in [1.82, 2.24) is 15.5 Å². The first-order chi connectivity index (χ1) is 13.2. The fraction of sp³-hybridized carbons (Fsp3) is 0.619. The highest BCUT2D eigenvalue weighted by molar-refractivity contribution is 5.71. The zero-order chi connectivity index (χ0) is 20.6. The average Bonchev–Trinajstić information content (AvgIpc) is 3.01. The Balaban J connectivity index is 1.71. The Morgan fingerprint density at radius 1 is 1.18 bits per heavy atom. The van der Waals surface area contributed by atoms with Crippen molar-refractivity contribution in [2.75, 3.05) is 26.2 Å². The van der Waals surface area contributed by atoms with E-state index in [0.717, 1.165) is 31.6 Å². The predicted octanol–water partition coefficient (Wildman–Crippen LogP) is 2.44. The van der Waals surface area contributed by atoms with Gasteiger partial charge in [0, 0.05) is 32.2 Å². The van der Waals surface area contributed by atoms with Gasteiger partial charge in [-0.2, -0.15) is 0 Å². The van der Waals surface area contributed by atoms with Crippen LogP contribution in [0.5, 0.6) is 0 Å². The van der Waals surface area contributed by atoms with Crippen LogP contribution in [0.4, 0.5) is 4.79 Å². The van der Waals surface area contributed by atoms with Gasteiger partial charge >= 0.3 is 12.1 Å². The predicted molar refractivity (Wildman–Crippen MR) is 108 cm³/mol. The van der Waals surface area contributed by atoms with E-state index in [1.807, 2.05) is 20.8 Å². The number of hydrogen-bond donors (Lipinski definition) is 2. The van der Waals surface area contributed by atoms with Crippen LogP contribution in [0.25, 0.3) is 0 Å². The largest absolute Gasteiger partial charge is 0.465 e. The van der Waals surface area contributed by atoms with Crippen molar-refractivity contribution < 1.29 is 19.1 Å². The van der Waals surface area contributed by atoms with Crippen molar-refractivity contribution in [2.45, 2.75) is 58.8 Å². The molecule has 1 aromatic carbocycles. The number of amides is 1. The van der Waals surface area contributed by atoms with Crippen molar-refractivity contribution >= 4 is 12.1 Å². The molecule has 0 unspecified atom stereocenters. The summed E-state index contributed by atoms with van der Waals surface area (Å²) in [7, 11) is 0. The number of nitrogens with one attached hydrogen (secondary N) is 2. The Morgan fingerprint density at radius 3 is 2.50 bits per heavy atom. The molecular weight excluding hydrogens is 358 g/mol. The van der Waals surface area contributed by atoms with E-state index < -0.39 is 5.60 Å². The maximum atomic E-state index is 11.9. The Kier molecular flexibility index (Phi) is 8.26. The topological polar surface area (TPSA) is 79.9 Å². The molecule has 0 bridgehead atoms. The maximum absolute atomic E-state index is 11.9. The number of hydrogen-bond acceptors (Lipinski definition) is 6. The maximum Gasteiger partial charge on any atom is 0.407 e. The number of carbonyl (C=O) groups excluding carboxylic acids is 2. The fourth-order valence-corrected chi connectivity index (χ4v) is 3.11. The quantitative estimate of drug-likeness (QED) is 0.663. The molecule has 0 spiro atoms. The molecule has 156 valence electrons. The van der Waals surface area contributed by atoms with Crippen LogP contribution in [0.2, 0.25) is 0 Å². The third-order valence-corrected chi connectivity index (χ3v) is 4.33. The molecule has 1 amide bonds. The molecule has 0 aliphatic carbocycles. The molecule has 1 fully saturated rings. The second-order valence-electron chi connectivity index (χ2n) is 8.09. The summed E-state index contributed by atoms with van der Waals surface area (Å²) in [4.78, 5) is 25.5. The summed E-state index contributed by atoms with van der Waals surface area (Å²) in [5, 5.41) is 6.03. The normalized spacial score (nSPS) is 17.4. The van der Waals surface area contributed by atoms with Crippen LogP contribution in [0.1, 0.15) is 45.2 Å². The SMILES string of the molecule is CCOC(=O)CNCc1ccc(CN2CC[C@H](NC(=O)OC(C)(C)C)C2)cc1. The second kappa shape index (κ2) is 10.4. The Bertz CT molecular complexity index is 640. The van der Waals surface area contributed by atoms with Crippen molar-refractivity contribution in [2.24, 2.45) is 0 Å². The molecule has 1 aromatic rings. The molecule has 1 heterocycles. The number of alkyl carbamates (subject to hydrolysis) is 1. The smallest absolute Gasteiger partial charge is 0.407 e. The van der Waals surface area contributed by atoms with Gasteiger partial charge in [0.25, 0.3) is 0 Å². The van der Waals surface area contributed by atoms with E-state index in [4.69, 9.17) is 9.47 Å². The van der Waals surface area contributed by atoms with E-state index in [-0.39, 0.29) is 24.6 Å². The summed E-state index contributed by atoms with van der Waals surface area (Å²) in [5.74, 6) is -0.234. The zero-order valence-corrected chi connectivity index (χ0v) is 17.4. The minimum absolute atomic E-state index is 0.126. The summed E-state index contributed by atoms with van der Waals surface area (Å²) < 4.78 is 10.2. The van der Waals surface area contributed by atoms with Gasteiger partial charge in [0.2, 0.25) is 0 Å². The summed E-state index contributed by atoms with van der Waals surface area (Å²) in [5.41, 5.74) is 1.88. The van der Waals surface area contributed by atoms with Crippen LogP contribution in [0.15, 0.2) is 24.3 Å². The molecule has 7 heteroatoms. The first-order valence-corrected chi connectivity index (χ1v) is 9.91. The average molecular weight is 392 g/mol. The van der Waals surface area contributed by atoms with Gasteiger partial charge in [-0.1, -0.05) is 24.3 Å². The van der Waals surface area contributed by atoms with Gasteiger partial charge in [0.05, 0.1) is 13.2 Å². The molecule has 1 atom stereocenters. The number of carbonyl (C=O) groups is 2. The highest BCUT2D eigenvalue weighted by Gasteiger charge is 2.26. The second-order valence-corrected chi connectivity index (χ2v) is 8.09. The van der Waals surface area contributed by atoms with Crippen LogP contribution in [-0.2, 0) is 27.4 Å².